The van der Waals surface area contributed by atoms with Gasteiger partial charge in [0, 0.05) is 31.5 Å². The zero-order valence-electron chi connectivity index (χ0n) is 10.4. The molecule has 92 valence electrons. The molecular weight excluding hydrogens is 226 g/mol. The molecule has 0 atom stereocenters. The second kappa shape index (κ2) is 5.31. The minimum absolute atomic E-state index is 0.0555. The largest absolute Gasteiger partial charge is 0.388 e. The van der Waals surface area contributed by atoms with Gasteiger partial charge in [-0.25, -0.2) is 0 Å². The summed E-state index contributed by atoms with van der Waals surface area (Å²) >= 11 is 0. The van der Waals surface area contributed by atoms with E-state index in [1.165, 1.54) is 0 Å². The molecule has 0 aliphatic rings. The van der Waals surface area contributed by atoms with Crippen LogP contribution in [0.2, 0.25) is 0 Å². The summed E-state index contributed by atoms with van der Waals surface area (Å²) in [6, 6.07) is 11.1. The molecule has 0 fully saturated rings. The number of rotatable bonds is 3. The summed E-state index contributed by atoms with van der Waals surface area (Å²) in [6.07, 6.45) is 3.35. The Labute approximate surface area is 106 Å². The molecule has 1 heterocycles. The summed E-state index contributed by atoms with van der Waals surface area (Å²) < 4.78 is 0. The first-order valence-corrected chi connectivity index (χ1v) is 5.68. The summed E-state index contributed by atoms with van der Waals surface area (Å²) in [4.78, 5) is 17.9. The smallest absolute Gasteiger partial charge is 0.258 e. The van der Waals surface area contributed by atoms with Crippen molar-refractivity contribution < 1.29 is 4.79 Å². The minimum atomic E-state index is -0.0555. The van der Waals surface area contributed by atoms with Gasteiger partial charge in [-0.15, -0.1) is 0 Å². The van der Waals surface area contributed by atoms with Crippen molar-refractivity contribution in [3.63, 3.8) is 0 Å². The Morgan fingerprint density at radius 3 is 2.78 bits per heavy atom. The van der Waals surface area contributed by atoms with Crippen LogP contribution in [0.4, 0.5) is 11.4 Å². The molecule has 0 radical (unpaired) electrons. The topological polar surface area (TPSA) is 45.2 Å². The minimum Gasteiger partial charge on any atom is -0.388 e. The molecule has 0 spiro atoms. The maximum absolute atomic E-state index is 12.3. The number of hydrogen-bond donors (Lipinski definition) is 1. The van der Waals surface area contributed by atoms with Gasteiger partial charge in [-0.3, -0.25) is 9.78 Å². The van der Waals surface area contributed by atoms with E-state index in [0.29, 0.717) is 5.56 Å². The van der Waals surface area contributed by atoms with E-state index in [2.05, 4.69) is 10.3 Å². The van der Waals surface area contributed by atoms with Crippen molar-refractivity contribution >= 4 is 17.3 Å². The second-order valence-corrected chi connectivity index (χ2v) is 3.91. The van der Waals surface area contributed by atoms with Crippen molar-refractivity contribution in [3.05, 3.63) is 54.4 Å². The highest BCUT2D eigenvalue weighted by Crippen LogP contribution is 2.16. The first-order valence-electron chi connectivity index (χ1n) is 5.68. The Morgan fingerprint density at radius 1 is 1.28 bits per heavy atom. The summed E-state index contributed by atoms with van der Waals surface area (Å²) in [7, 11) is 3.57. The quantitative estimate of drug-likeness (QED) is 0.897. The highest BCUT2D eigenvalue weighted by atomic mass is 16.2. The number of anilines is 2. The third-order valence-corrected chi connectivity index (χ3v) is 2.74. The fraction of sp³-hybridized carbons (Fsp3) is 0.143. The van der Waals surface area contributed by atoms with E-state index in [-0.39, 0.29) is 5.91 Å². The fourth-order valence-corrected chi connectivity index (χ4v) is 1.67. The van der Waals surface area contributed by atoms with Gasteiger partial charge in [0.1, 0.15) is 0 Å². The first kappa shape index (κ1) is 12.1. The highest BCUT2D eigenvalue weighted by molar-refractivity contribution is 6.06. The number of hydrogen-bond acceptors (Lipinski definition) is 3. The Bertz CT molecular complexity index is 540. The number of pyridine rings is 1. The third kappa shape index (κ3) is 2.48. The molecule has 4 nitrogen and oxygen atoms in total. The number of aromatic nitrogens is 1. The van der Waals surface area contributed by atoms with E-state index in [1.807, 2.05) is 37.4 Å². The summed E-state index contributed by atoms with van der Waals surface area (Å²) in [5.41, 5.74) is 2.34. The Balaban J connectivity index is 2.25. The zero-order valence-corrected chi connectivity index (χ0v) is 10.4. The number of carbonyl (C=O) groups excluding carboxylic acids is 1. The normalized spacial score (nSPS) is 9.89. The molecule has 0 aliphatic carbocycles. The third-order valence-electron chi connectivity index (χ3n) is 2.74. The van der Waals surface area contributed by atoms with Crippen LogP contribution in [0.1, 0.15) is 10.4 Å². The molecule has 2 aromatic rings. The van der Waals surface area contributed by atoms with Crippen LogP contribution >= 0.6 is 0 Å². The van der Waals surface area contributed by atoms with Crippen LogP contribution < -0.4 is 10.2 Å². The molecule has 0 unspecified atom stereocenters. The molecular formula is C14H15N3O. The van der Waals surface area contributed by atoms with Gasteiger partial charge in [-0.05, 0) is 30.3 Å². The highest BCUT2D eigenvalue weighted by Gasteiger charge is 2.13. The van der Waals surface area contributed by atoms with Crippen molar-refractivity contribution in [2.24, 2.45) is 0 Å². The van der Waals surface area contributed by atoms with Gasteiger partial charge < -0.3 is 10.2 Å². The lowest BCUT2D eigenvalue weighted by Gasteiger charge is -2.17. The molecule has 1 amide bonds. The molecule has 0 saturated carbocycles. The van der Waals surface area contributed by atoms with Gasteiger partial charge in [-0.1, -0.05) is 6.07 Å². The average molecular weight is 241 g/mol. The summed E-state index contributed by atoms with van der Waals surface area (Å²) in [6.45, 7) is 0. The number of carbonyl (C=O) groups is 1. The SMILES string of the molecule is CNc1cccc(C(=O)N(C)c2cccnc2)c1. The molecule has 0 saturated heterocycles. The number of nitrogens with zero attached hydrogens (tertiary/aromatic N) is 2. The van der Waals surface area contributed by atoms with Gasteiger partial charge in [0.15, 0.2) is 0 Å². The molecule has 1 N–H and O–H groups in total. The van der Waals surface area contributed by atoms with Crippen LogP contribution in [-0.2, 0) is 0 Å². The Hall–Kier alpha value is -2.36. The molecule has 0 bridgehead atoms. The molecule has 1 aromatic heterocycles. The molecule has 18 heavy (non-hydrogen) atoms. The lowest BCUT2D eigenvalue weighted by molar-refractivity contribution is 0.0993. The van der Waals surface area contributed by atoms with Crippen LogP contribution in [0.3, 0.4) is 0 Å². The number of benzene rings is 1. The first-order chi connectivity index (χ1) is 8.72. The molecule has 0 aliphatic heterocycles. The van der Waals surface area contributed by atoms with E-state index in [4.69, 9.17) is 0 Å². The van der Waals surface area contributed by atoms with E-state index in [9.17, 15) is 4.79 Å². The lowest BCUT2D eigenvalue weighted by Crippen LogP contribution is -2.26. The second-order valence-electron chi connectivity index (χ2n) is 3.91. The molecule has 1 aromatic carbocycles. The lowest BCUT2D eigenvalue weighted by atomic mass is 10.1. The average Bonchev–Trinajstić information content (AvgIpc) is 2.46. The van der Waals surface area contributed by atoms with E-state index in [0.717, 1.165) is 11.4 Å². The predicted molar refractivity (Wildman–Crippen MR) is 73.0 cm³/mol. The summed E-state index contributed by atoms with van der Waals surface area (Å²) in [5, 5.41) is 3.02. The van der Waals surface area contributed by atoms with Crippen molar-refractivity contribution in [2.75, 3.05) is 24.3 Å². The Morgan fingerprint density at radius 2 is 2.11 bits per heavy atom. The van der Waals surface area contributed by atoms with E-state index in [1.54, 1.807) is 30.4 Å². The van der Waals surface area contributed by atoms with E-state index >= 15 is 0 Å². The van der Waals surface area contributed by atoms with Gasteiger partial charge in [0.25, 0.3) is 5.91 Å². The van der Waals surface area contributed by atoms with Crippen molar-refractivity contribution in [1.29, 1.82) is 0 Å². The van der Waals surface area contributed by atoms with Gasteiger partial charge in [0.05, 0.1) is 11.9 Å². The van der Waals surface area contributed by atoms with E-state index < -0.39 is 0 Å². The number of nitrogens with one attached hydrogen (secondary N) is 1. The van der Waals surface area contributed by atoms with Gasteiger partial charge in [-0.2, -0.15) is 0 Å². The molecule has 2 rings (SSSR count). The van der Waals surface area contributed by atoms with Crippen LogP contribution in [-0.4, -0.2) is 25.0 Å². The van der Waals surface area contributed by atoms with Crippen LogP contribution in [0.25, 0.3) is 0 Å². The van der Waals surface area contributed by atoms with Crippen molar-refractivity contribution in [2.45, 2.75) is 0 Å². The van der Waals surface area contributed by atoms with Crippen LogP contribution in [0.5, 0.6) is 0 Å². The predicted octanol–water partition coefficient (Wildman–Crippen LogP) is 2.40. The van der Waals surface area contributed by atoms with Crippen molar-refractivity contribution in [3.8, 4) is 0 Å². The van der Waals surface area contributed by atoms with Crippen LogP contribution in [0, 0.1) is 0 Å². The monoisotopic (exact) mass is 241 g/mol. The summed E-state index contributed by atoms with van der Waals surface area (Å²) in [5.74, 6) is -0.0555. The fourth-order valence-electron chi connectivity index (χ4n) is 1.67. The Kier molecular flexibility index (Phi) is 3.57. The maximum atomic E-state index is 12.3. The molecule has 4 heteroatoms. The standard InChI is InChI=1S/C14H15N3O/c1-15-12-6-3-5-11(9-12)14(18)17(2)13-7-4-8-16-10-13/h3-10,15H,1-2H3. The van der Waals surface area contributed by atoms with Gasteiger partial charge >= 0.3 is 0 Å². The number of amides is 1. The maximum Gasteiger partial charge on any atom is 0.258 e. The van der Waals surface area contributed by atoms with Crippen LogP contribution in [0.15, 0.2) is 48.8 Å². The van der Waals surface area contributed by atoms with Crippen molar-refractivity contribution in [1.82, 2.24) is 4.98 Å². The zero-order chi connectivity index (χ0) is 13.0. The van der Waals surface area contributed by atoms with Gasteiger partial charge in [0.2, 0.25) is 0 Å².